The van der Waals surface area contributed by atoms with Gasteiger partial charge in [-0.1, -0.05) is 58.0 Å². The molecule has 0 aliphatic heterocycles. The minimum Gasteiger partial charge on any atom is -0.507 e. The fourth-order valence-electron chi connectivity index (χ4n) is 5.08. The maximum atomic E-state index is 13.2. The number of carbonyl (C=O) groups is 4. The molecule has 2 aromatic rings. The molecule has 2 N–H and O–H groups in total. The molecule has 6 heteroatoms. The van der Waals surface area contributed by atoms with E-state index in [-0.39, 0.29) is 52.8 Å². The van der Waals surface area contributed by atoms with E-state index in [1.165, 1.54) is 6.07 Å². The second-order valence-corrected chi connectivity index (χ2v) is 10.9. The van der Waals surface area contributed by atoms with Crippen molar-refractivity contribution >= 4 is 34.3 Å². The summed E-state index contributed by atoms with van der Waals surface area (Å²) in [5.74, 6) is -2.78. The van der Waals surface area contributed by atoms with Crippen molar-refractivity contribution in [2.45, 2.75) is 53.4 Å². The van der Waals surface area contributed by atoms with E-state index in [1.54, 1.807) is 44.2 Å². The highest BCUT2D eigenvalue weighted by Gasteiger charge is 2.40. The minimum atomic E-state index is -0.555. The molecule has 0 spiro atoms. The van der Waals surface area contributed by atoms with Gasteiger partial charge in [0.25, 0.3) is 0 Å². The van der Waals surface area contributed by atoms with Gasteiger partial charge in [0.15, 0.2) is 23.1 Å². The SMILES string of the molecule is CC1(C)CC(=O)C(=c2c(O)cc(-c3ccccc3)c(O)c2=C2C(=O)CC(C)(C)CC2=O)C(=O)C1. The van der Waals surface area contributed by atoms with Gasteiger partial charge in [0.2, 0.25) is 0 Å². The Kier molecular flexibility index (Phi) is 5.59. The van der Waals surface area contributed by atoms with Crippen LogP contribution in [0.2, 0.25) is 0 Å². The van der Waals surface area contributed by atoms with Crippen LogP contribution in [0.3, 0.4) is 0 Å². The molecule has 0 atom stereocenters. The molecular weight excluding hydrogens is 432 g/mol. The maximum Gasteiger partial charge on any atom is 0.167 e. The molecule has 2 fully saturated rings. The normalized spacial score (nSPS) is 20.1. The fraction of sp³-hybridized carbons (Fsp3) is 0.357. The Morgan fingerprint density at radius 1 is 0.647 bits per heavy atom. The van der Waals surface area contributed by atoms with E-state index < -0.39 is 45.5 Å². The first-order valence-corrected chi connectivity index (χ1v) is 11.3. The van der Waals surface area contributed by atoms with Gasteiger partial charge < -0.3 is 10.2 Å². The number of benzene rings is 2. The maximum absolute atomic E-state index is 13.2. The van der Waals surface area contributed by atoms with Crippen molar-refractivity contribution in [1.82, 2.24) is 0 Å². The molecule has 0 unspecified atom stereocenters. The van der Waals surface area contributed by atoms with E-state index in [2.05, 4.69) is 0 Å². The van der Waals surface area contributed by atoms with E-state index in [1.807, 2.05) is 13.8 Å². The molecule has 4 rings (SSSR count). The molecule has 2 aromatic carbocycles. The van der Waals surface area contributed by atoms with Gasteiger partial charge in [-0.3, -0.25) is 19.2 Å². The fourth-order valence-corrected chi connectivity index (χ4v) is 5.08. The van der Waals surface area contributed by atoms with Gasteiger partial charge in [0.05, 0.1) is 11.1 Å². The highest BCUT2D eigenvalue weighted by atomic mass is 16.3. The summed E-state index contributed by atoms with van der Waals surface area (Å²) in [5, 5.41) is 22.1. The van der Waals surface area contributed by atoms with Crippen LogP contribution in [0.1, 0.15) is 53.4 Å². The molecule has 0 heterocycles. The number of Topliss-reactive ketones (excluding diaryl/α,β-unsaturated/α-hetero) is 4. The molecule has 176 valence electrons. The summed E-state index contributed by atoms with van der Waals surface area (Å²) in [6.07, 6.45) is 0.262. The number of phenolic OH excluding ortho intramolecular Hbond substituents is 2. The third-order valence-electron chi connectivity index (χ3n) is 6.54. The molecule has 0 radical (unpaired) electrons. The first-order valence-electron chi connectivity index (χ1n) is 11.3. The van der Waals surface area contributed by atoms with Crippen molar-refractivity contribution in [3.05, 3.63) is 46.8 Å². The number of ketones is 4. The van der Waals surface area contributed by atoms with Crippen molar-refractivity contribution in [1.29, 1.82) is 0 Å². The second kappa shape index (κ2) is 8.05. The lowest BCUT2D eigenvalue weighted by molar-refractivity contribution is -0.126. The van der Waals surface area contributed by atoms with Crippen molar-refractivity contribution in [2.75, 3.05) is 0 Å². The van der Waals surface area contributed by atoms with Crippen LogP contribution < -0.4 is 10.4 Å². The topological polar surface area (TPSA) is 109 Å². The summed E-state index contributed by atoms with van der Waals surface area (Å²) in [4.78, 5) is 52.6. The summed E-state index contributed by atoms with van der Waals surface area (Å²) < 4.78 is 0. The van der Waals surface area contributed by atoms with Crippen molar-refractivity contribution in [2.24, 2.45) is 10.8 Å². The lowest BCUT2D eigenvalue weighted by Gasteiger charge is -2.30. The minimum absolute atomic E-state index is 0.0630. The van der Waals surface area contributed by atoms with Crippen LogP contribution in [-0.4, -0.2) is 33.3 Å². The standard InChI is InChI=1S/C28H28O6/c1-27(2)11-18(30)22(19(31)12-27)24-17(29)10-16(15-8-6-5-7-9-15)26(34)25(24)23-20(32)13-28(3,4)14-21(23)33/h5-10,29,34H,11-14H2,1-4H3. The van der Waals surface area contributed by atoms with Gasteiger partial charge in [0.1, 0.15) is 11.5 Å². The van der Waals surface area contributed by atoms with Gasteiger partial charge in [-0.15, -0.1) is 0 Å². The highest BCUT2D eigenvalue weighted by molar-refractivity contribution is 6.45. The Hall–Kier alpha value is -3.54. The molecule has 2 saturated carbocycles. The first-order chi connectivity index (χ1) is 15.8. The number of phenols is 2. The lowest BCUT2D eigenvalue weighted by Crippen LogP contribution is -2.43. The zero-order chi connectivity index (χ0) is 25.0. The third-order valence-corrected chi connectivity index (χ3v) is 6.54. The lowest BCUT2D eigenvalue weighted by atomic mass is 9.72. The van der Waals surface area contributed by atoms with Crippen LogP contribution in [0.5, 0.6) is 11.5 Å². The zero-order valence-corrected chi connectivity index (χ0v) is 19.8. The molecule has 0 aromatic heterocycles. The summed E-state index contributed by atoms with van der Waals surface area (Å²) in [5.41, 5.74) is -0.885. The Morgan fingerprint density at radius 2 is 1.06 bits per heavy atom. The molecule has 6 nitrogen and oxygen atoms in total. The summed E-state index contributed by atoms with van der Waals surface area (Å²) in [6.45, 7) is 7.23. The number of rotatable bonds is 1. The van der Waals surface area contributed by atoms with Crippen molar-refractivity contribution < 1.29 is 29.4 Å². The molecule has 0 amide bonds. The smallest absolute Gasteiger partial charge is 0.167 e. The van der Waals surface area contributed by atoms with E-state index >= 15 is 0 Å². The average molecular weight is 461 g/mol. The molecule has 34 heavy (non-hydrogen) atoms. The first kappa shape index (κ1) is 23.6. The Balaban J connectivity index is 2.20. The molecule has 2 aliphatic rings. The molecular formula is C28H28O6. The quantitative estimate of drug-likeness (QED) is 0.634. The van der Waals surface area contributed by atoms with Crippen LogP contribution in [0, 0.1) is 10.8 Å². The van der Waals surface area contributed by atoms with Crippen LogP contribution in [0.4, 0.5) is 0 Å². The van der Waals surface area contributed by atoms with Gasteiger partial charge in [-0.25, -0.2) is 0 Å². The largest absolute Gasteiger partial charge is 0.507 e. The number of hydrogen-bond acceptors (Lipinski definition) is 6. The van der Waals surface area contributed by atoms with Gasteiger partial charge in [0, 0.05) is 41.7 Å². The van der Waals surface area contributed by atoms with Crippen molar-refractivity contribution in [3.8, 4) is 22.6 Å². The predicted octanol–water partition coefficient (Wildman–Crippen LogP) is 2.98. The van der Waals surface area contributed by atoms with Crippen LogP contribution in [-0.2, 0) is 19.2 Å². The molecule has 0 bridgehead atoms. The van der Waals surface area contributed by atoms with Gasteiger partial charge >= 0.3 is 0 Å². The predicted molar refractivity (Wildman–Crippen MR) is 127 cm³/mol. The molecule has 0 saturated heterocycles. The number of aromatic hydroxyl groups is 2. The Bertz CT molecular complexity index is 1330. The van der Waals surface area contributed by atoms with E-state index in [0.29, 0.717) is 5.56 Å². The summed E-state index contributed by atoms with van der Waals surface area (Å²) in [7, 11) is 0. The van der Waals surface area contributed by atoms with E-state index in [9.17, 15) is 29.4 Å². The van der Waals surface area contributed by atoms with Gasteiger partial charge in [-0.2, -0.15) is 0 Å². The van der Waals surface area contributed by atoms with Crippen LogP contribution in [0.25, 0.3) is 22.3 Å². The molecule has 2 aliphatic carbocycles. The summed E-state index contributed by atoms with van der Waals surface area (Å²) >= 11 is 0. The summed E-state index contributed by atoms with van der Waals surface area (Å²) in [6, 6.07) is 9.98. The van der Waals surface area contributed by atoms with Crippen LogP contribution >= 0.6 is 0 Å². The van der Waals surface area contributed by atoms with Crippen LogP contribution in [0.15, 0.2) is 36.4 Å². The number of carbonyl (C=O) groups excluding carboxylic acids is 4. The Labute approximate surface area is 197 Å². The van der Waals surface area contributed by atoms with E-state index in [0.717, 1.165) is 0 Å². The Morgan fingerprint density at radius 3 is 1.50 bits per heavy atom. The average Bonchev–Trinajstić information content (AvgIpc) is 2.69. The zero-order valence-electron chi connectivity index (χ0n) is 19.8. The van der Waals surface area contributed by atoms with Crippen molar-refractivity contribution in [3.63, 3.8) is 0 Å². The third kappa shape index (κ3) is 4.09. The van der Waals surface area contributed by atoms with Gasteiger partial charge in [-0.05, 0) is 22.5 Å². The second-order valence-electron chi connectivity index (χ2n) is 10.9. The highest BCUT2D eigenvalue weighted by Crippen LogP contribution is 2.37. The monoisotopic (exact) mass is 460 g/mol. The van der Waals surface area contributed by atoms with E-state index in [4.69, 9.17) is 0 Å². The number of hydrogen-bond donors (Lipinski definition) is 2.